The summed E-state index contributed by atoms with van der Waals surface area (Å²) in [5.74, 6) is 0. The third-order valence-corrected chi connectivity index (χ3v) is 2.53. The quantitative estimate of drug-likeness (QED) is 0.685. The van der Waals surface area contributed by atoms with E-state index in [2.05, 4.69) is 6.07 Å². The van der Waals surface area contributed by atoms with Crippen LogP contribution in [0.25, 0.3) is 11.1 Å². The first kappa shape index (κ1) is 12.0. The molecule has 0 saturated heterocycles. The van der Waals surface area contributed by atoms with Crippen molar-refractivity contribution < 1.29 is 13.2 Å². The molecule has 0 aliphatic carbocycles. The predicted molar refractivity (Wildman–Crippen MR) is 60.7 cm³/mol. The Hall–Kier alpha value is -1.48. The van der Waals surface area contributed by atoms with E-state index in [4.69, 9.17) is 11.6 Å². The molecule has 0 bridgehead atoms. The Balaban J connectivity index is 2.43. The average Bonchev–Trinajstić information content (AvgIpc) is 2.29. The maximum absolute atomic E-state index is 12.5. The van der Waals surface area contributed by atoms with Crippen LogP contribution in [0.5, 0.6) is 0 Å². The fraction of sp³-hybridized carbons (Fsp3) is 0.0769. The van der Waals surface area contributed by atoms with Crippen molar-refractivity contribution >= 4 is 11.6 Å². The first-order chi connectivity index (χ1) is 7.97. The lowest BCUT2D eigenvalue weighted by Gasteiger charge is -2.08. The zero-order valence-electron chi connectivity index (χ0n) is 8.55. The van der Waals surface area contributed by atoms with E-state index in [1.807, 2.05) is 0 Å². The topological polar surface area (TPSA) is 0 Å². The van der Waals surface area contributed by atoms with Crippen molar-refractivity contribution in [3.8, 4) is 11.1 Å². The van der Waals surface area contributed by atoms with E-state index in [0.717, 1.165) is 12.1 Å². The third kappa shape index (κ3) is 2.80. The van der Waals surface area contributed by atoms with Crippen molar-refractivity contribution in [2.24, 2.45) is 0 Å². The van der Waals surface area contributed by atoms with Crippen LogP contribution in [0.2, 0.25) is 5.02 Å². The van der Waals surface area contributed by atoms with Gasteiger partial charge in [0.15, 0.2) is 0 Å². The molecule has 0 spiro atoms. The normalized spacial score (nSPS) is 11.5. The summed E-state index contributed by atoms with van der Waals surface area (Å²) in [6.07, 6.45) is -4.33. The zero-order valence-corrected chi connectivity index (χ0v) is 9.31. The van der Waals surface area contributed by atoms with Crippen LogP contribution in [0.4, 0.5) is 13.2 Å². The maximum atomic E-state index is 12.5. The Labute approximate surface area is 102 Å². The van der Waals surface area contributed by atoms with Crippen LogP contribution in [-0.4, -0.2) is 0 Å². The summed E-state index contributed by atoms with van der Waals surface area (Å²) in [5.41, 5.74) is 0.484. The molecule has 1 radical (unpaired) electrons. The van der Waals surface area contributed by atoms with Crippen molar-refractivity contribution in [3.63, 3.8) is 0 Å². The van der Waals surface area contributed by atoms with Crippen molar-refractivity contribution in [1.82, 2.24) is 0 Å². The Morgan fingerprint density at radius 3 is 2.35 bits per heavy atom. The minimum Gasteiger partial charge on any atom is -0.166 e. The summed E-state index contributed by atoms with van der Waals surface area (Å²) in [6, 6.07) is 12.7. The van der Waals surface area contributed by atoms with Gasteiger partial charge in [0.2, 0.25) is 0 Å². The van der Waals surface area contributed by atoms with Gasteiger partial charge in [-0.1, -0.05) is 29.8 Å². The highest BCUT2D eigenvalue weighted by atomic mass is 35.5. The lowest BCUT2D eigenvalue weighted by molar-refractivity contribution is -0.137. The first-order valence-corrected chi connectivity index (χ1v) is 5.19. The molecule has 0 aliphatic heterocycles. The van der Waals surface area contributed by atoms with Gasteiger partial charge in [0, 0.05) is 11.1 Å². The fourth-order valence-corrected chi connectivity index (χ4v) is 1.58. The summed E-state index contributed by atoms with van der Waals surface area (Å²) >= 11 is 5.67. The SMILES string of the molecule is FC(F)(F)c1cccc(-c2c[c]c(Cl)cc2)c1. The van der Waals surface area contributed by atoms with Gasteiger partial charge in [0.1, 0.15) is 0 Å². The Bertz CT molecular complexity index is 515. The number of hydrogen-bond acceptors (Lipinski definition) is 0. The second-order valence-corrected chi connectivity index (χ2v) is 3.91. The molecule has 2 rings (SSSR count). The molecule has 4 heteroatoms. The first-order valence-electron chi connectivity index (χ1n) is 4.82. The van der Waals surface area contributed by atoms with Crippen LogP contribution in [0, 0.1) is 6.07 Å². The van der Waals surface area contributed by atoms with E-state index in [9.17, 15) is 13.2 Å². The smallest absolute Gasteiger partial charge is 0.166 e. The van der Waals surface area contributed by atoms with E-state index < -0.39 is 11.7 Å². The summed E-state index contributed by atoms with van der Waals surface area (Å²) in [7, 11) is 0. The van der Waals surface area contributed by atoms with Gasteiger partial charge in [0.25, 0.3) is 0 Å². The standard InChI is InChI=1S/C13H7ClF3/c14-12-6-4-9(5-7-12)10-2-1-3-11(8-10)13(15,16)17/h1-6,8H. The van der Waals surface area contributed by atoms with Gasteiger partial charge in [-0.15, -0.1) is 0 Å². The molecule has 87 valence electrons. The predicted octanol–water partition coefficient (Wildman–Crippen LogP) is 4.83. The fourth-order valence-electron chi connectivity index (χ4n) is 1.46. The highest BCUT2D eigenvalue weighted by molar-refractivity contribution is 6.30. The molecule has 0 unspecified atom stereocenters. The van der Waals surface area contributed by atoms with Crippen LogP contribution in [-0.2, 0) is 6.18 Å². The highest BCUT2D eigenvalue weighted by Crippen LogP contribution is 2.32. The minimum absolute atomic E-state index is 0.431. The van der Waals surface area contributed by atoms with Crippen molar-refractivity contribution in [2.75, 3.05) is 0 Å². The second kappa shape index (κ2) is 4.41. The van der Waals surface area contributed by atoms with E-state index in [1.54, 1.807) is 24.3 Å². The summed E-state index contributed by atoms with van der Waals surface area (Å²) < 4.78 is 37.6. The Morgan fingerprint density at radius 1 is 1.00 bits per heavy atom. The van der Waals surface area contributed by atoms with Crippen molar-refractivity contribution in [1.29, 1.82) is 0 Å². The summed E-state index contributed by atoms with van der Waals surface area (Å²) in [5, 5.41) is 0.431. The molecule has 0 atom stereocenters. The van der Waals surface area contributed by atoms with E-state index in [1.165, 1.54) is 6.07 Å². The van der Waals surface area contributed by atoms with Crippen LogP contribution in [0.1, 0.15) is 5.56 Å². The molecule has 0 amide bonds. The van der Waals surface area contributed by atoms with Gasteiger partial charge >= 0.3 is 6.18 Å². The number of hydrogen-bond donors (Lipinski definition) is 0. The molecule has 0 saturated carbocycles. The molecule has 2 aromatic carbocycles. The monoisotopic (exact) mass is 255 g/mol. The van der Waals surface area contributed by atoms with Crippen molar-refractivity contribution in [2.45, 2.75) is 6.18 Å². The van der Waals surface area contributed by atoms with E-state index in [0.29, 0.717) is 16.1 Å². The van der Waals surface area contributed by atoms with Gasteiger partial charge in [-0.25, -0.2) is 0 Å². The lowest BCUT2D eigenvalue weighted by Crippen LogP contribution is -2.04. The van der Waals surface area contributed by atoms with Crippen LogP contribution in [0.3, 0.4) is 0 Å². The Morgan fingerprint density at radius 2 is 1.76 bits per heavy atom. The number of alkyl halides is 3. The molecule has 0 N–H and O–H groups in total. The molecule has 0 fully saturated rings. The molecule has 0 nitrogen and oxygen atoms in total. The number of benzene rings is 2. The minimum atomic E-state index is -4.33. The molecular weight excluding hydrogens is 249 g/mol. The summed E-state index contributed by atoms with van der Waals surface area (Å²) in [6.45, 7) is 0. The largest absolute Gasteiger partial charge is 0.416 e. The van der Waals surface area contributed by atoms with E-state index in [-0.39, 0.29) is 0 Å². The molecule has 2 aromatic rings. The summed E-state index contributed by atoms with van der Waals surface area (Å²) in [4.78, 5) is 0. The van der Waals surface area contributed by atoms with Gasteiger partial charge in [-0.05, 0) is 35.4 Å². The van der Waals surface area contributed by atoms with Gasteiger partial charge in [-0.3, -0.25) is 0 Å². The van der Waals surface area contributed by atoms with Crippen LogP contribution in [0.15, 0.2) is 42.5 Å². The van der Waals surface area contributed by atoms with Gasteiger partial charge in [0.05, 0.1) is 5.56 Å². The zero-order chi connectivity index (χ0) is 12.5. The molecule has 0 heterocycles. The molecular formula is C13H7ClF3. The molecule has 0 aliphatic rings. The third-order valence-electron chi connectivity index (χ3n) is 2.30. The number of rotatable bonds is 1. The molecule has 17 heavy (non-hydrogen) atoms. The lowest BCUT2D eigenvalue weighted by atomic mass is 10.0. The number of halogens is 4. The maximum Gasteiger partial charge on any atom is 0.416 e. The molecule has 0 aromatic heterocycles. The van der Waals surface area contributed by atoms with E-state index >= 15 is 0 Å². The van der Waals surface area contributed by atoms with Gasteiger partial charge < -0.3 is 0 Å². The average molecular weight is 256 g/mol. The van der Waals surface area contributed by atoms with Crippen LogP contribution >= 0.6 is 11.6 Å². The van der Waals surface area contributed by atoms with Crippen LogP contribution < -0.4 is 0 Å². The Kier molecular flexibility index (Phi) is 3.11. The van der Waals surface area contributed by atoms with Gasteiger partial charge in [-0.2, -0.15) is 13.2 Å². The second-order valence-electron chi connectivity index (χ2n) is 3.50. The van der Waals surface area contributed by atoms with Crippen molar-refractivity contribution in [3.05, 3.63) is 59.1 Å². The highest BCUT2D eigenvalue weighted by Gasteiger charge is 2.30.